The average molecular weight is 979 g/mol. The van der Waals surface area contributed by atoms with E-state index in [1.807, 2.05) is 84.9 Å². The van der Waals surface area contributed by atoms with E-state index in [-0.39, 0.29) is 11.6 Å². The van der Waals surface area contributed by atoms with Crippen LogP contribution in [0, 0.1) is 10.1 Å². The van der Waals surface area contributed by atoms with Crippen LogP contribution in [0.3, 0.4) is 0 Å². The van der Waals surface area contributed by atoms with Crippen molar-refractivity contribution >= 4 is 45.3 Å². The van der Waals surface area contributed by atoms with Crippen LogP contribution in [0.25, 0.3) is 44.5 Å². The lowest BCUT2D eigenvalue weighted by Gasteiger charge is -2.24. The number of rotatable bonds is 14. The van der Waals surface area contributed by atoms with Crippen LogP contribution in [0.1, 0.15) is 54.9 Å². The molecule has 0 N–H and O–H groups in total. The second-order valence-corrected chi connectivity index (χ2v) is 18.4. The van der Waals surface area contributed by atoms with Gasteiger partial charge in [0.15, 0.2) is 0 Å². The van der Waals surface area contributed by atoms with Crippen LogP contribution in [-0.2, 0) is 0 Å². The van der Waals surface area contributed by atoms with Crippen molar-refractivity contribution in [3.63, 3.8) is 0 Å². The van der Waals surface area contributed by atoms with Gasteiger partial charge in [0.2, 0.25) is 0 Å². The van der Waals surface area contributed by atoms with Gasteiger partial charge in [0.25, 0.3) is 11.6 Å². The maximum Gasteiger partial charge on any atom is 0.269 e. The Morgan fingerprint density at radius 3 is 0.711 bits per heavy atom. The number of carbonyl (C=O) groups is 1. The first-order chi connectivity index (χ1) is 37.5. The minimum absolute atomic E-state index is 0.0840. The van der Waals surface area contributed by atoms with Crippen LogP contribution in [0.15, 0.2) is 303 Å². The van der Waals surface area contributed by atoms with Gasteiger partial charge in [0.1, 0.15) is 0 Å². The van der Waals surface area contributed by atoms with E-state index in [2.05, 4.69) is 194 Å². The first-order valence-corrected chi connectivity index (χ1v) is 25.3. The lowest BCUT2D eigenvalue weighted by Crippen LogP contribution is -2.25. The summed E-state index contributed by atoms with van der Waals surface area (Å²) in [7, 11) is 0. The van der Waals surface area contributed by atoms with Gasteiger partial charge < -0.3 is 0 Å². The van der Waals surface area contributed by atoms with Crippen LogP contribution in [0.5, 0.6) is 0 Å². The SMILES string of the molecule is O=C(c1ccc([N+](=O)[O-])cc1)N(c1ccc(-c2ccc(C(=C(c3ccccc3)c3ccccc3)c3ccccc3)cc2)cc1)c1ccc(-c2ccc(C(=C(c3ccccc3)c3ccccc3)c3ccccc3)cc2)cc1. The summed E-state index contributed by atoms with van der Waals surface area (Å²) in [6.07, 6.45) is 0. The Bertz CT molecular complexity index is 3500. The Labute approximate surface area is 443 Å². The van der Waals surface area contributed by atoms with Gasteiger partial charge in [-0.1, -0.05) is 255 Å². The van der Waals surface area contributed by atoms with Crippen LogP contribution in [0.2, 0.25) is 0 Å². The van der Waals surface area contributed by atoms with E-state index in [4.69, 9.17) is 0 Å². The topological polar surface area (TPSA) is 63.4 Å². The molecule has 0 aliphatic heterocycles. The molecule has 76 heavy (non-hydrogen) atoms. The summed E-state index contributed by atoms with van der Waals surface area (Å²) in [5.74, 6) is -0.315. The van der Waals surface area contributed by atoms with Gasteiger partial charge >= 0.3 is 0 Å². The van der Waals surface area contributed by atoms with Gasteiger partial charge in [-0.15, -0.1) is 0 Å². The lowest BCUT2D eigenvalue weighted by molar-refractivity contribution is -0.384. The lowest BCUT2D eigenvalue weighted by atomic mass is 9.85. The number of benzene rings is 11. The van der Waals surface area contributed by atoms with Gasteiger partial charge in [-0.25, -0.2) is 0 Å². The predicted molar refractivity (Wildman–Crippen MR) is 312 cm³/mol. The largest absolute Gasteiger partial charge is 0.277 e. The molecule has 11 aromatic rings. The molecular weight excluding hydrogens is 929 g/mol. The van der Waals surface area contributed by atoms with E-state index >= 15 is 0 Å². The zero-order chi connectivity index (χ0) is 51.6. The smallest absolute Gasteiger partial charge is 0.269 e. The molecule has 0 radical (unpaired) electrons. The number of carbonyl (C=O) groups excluding carboxylic acids is 1. The van der Waals surface area contributed by atoms with E-state index in [0.717, 1.165) is 89.1 Å². The number of anilines is 2. The molecule has 362 valence electrons. The maximum absolute atomic E-state index is 14.6. The number of hydrogen-bond acceptors (Lipinski definition) is 3. The molecule has 0 aliphatic rings. The van der Waals surface area contributed by atoms with Crippen molar-refractivity contribution in [1.82, 2.24) is 0 Å². The Kier molecular flexibility index (Phi) is 14.1. The summed E-state index contributed by atoms with van der Waals surface area (Å²) < 4.78 is 0. The molecule has 0 saturated heterocycles. The third-order valence-corrected chi connectivity index (χ3v) is 13.7. The van der Waals surface area contributed by atoms with Crippen molar-refractivity contribution in [3.05, 3.63) is 364 Å². The Morgan fingerprint density at radius 1 is 0.263 bits per heavy atom. The molecule has 0 aromatic heterocycles. The minimum atomic E-state index is -0.461. The molecular formula is C71H50N2O3. The number of nitro benzene ring substituents is 1. The summed E-state index contributed by atoms with van der Waals surface area (Å²) in [6, 6.07) is 102. The van der Waals surface area contributed by atoms with E-state index in [1.54, 1.807) is 4.90 Å². The summed E-state index contributed by atoms with van der Waals surface area (Å²) in [5, 5.41) is 11.6. The molecule has 11 aromatic carbocycles. The highest BCUT2D eigenvalue weighted by atomic mass is 16.6. The molecule has 11 rings (SSSR count). The first kappa shape index (κ1) is 48.1. The van der Waals surface area contributed by atoms with Crippen LogP contribution < -0.4 is 4.90 Å². The fraction of sp³-hybridized carbons (Fsp3) is 0. The van der Waals surface area contributed by atoms with Crippen LogP contribution in [-0.4, -0.2) is 10.8 Å². The third-order valence-electron chi connectivity index (χ3n) is 13.7. The Morgan fingerprint density at radius 2 is 0.474 bits per heavy atom. The van der Waals surface area contributed by atoms with Crippen molar-refractivity contribution in [2.75, 3.05) is 4.90 Å². The van der Waals surface area contributed by atoms with Crippen molar-refractivity contribution in [3.8, 4) is 22.3 Å². The fourth-order valence-electron chi connectivity index (χ4n) is 9.95. The second kappa shape index (κ2) is 22.3. The highest BCUT2D eigenvalue weighted by molar-refractivity contribution is 6.11. The van der Waals surface area contributed by atoms with Crippen LogP contribution >= 0.6 is 0 Å². The molecule has 0 fully saturated rings. The van der Waals surface area contributed by atoms with Gasteiger partial charge in [0.05, 0.1) is 4.92 Å². The van der Waals surface area contributed by atoms with Gasteiger partial charge in [0, 0.05) is 29.1 Å². The normalized spacial score (nSPS) is 10.8. The van der Waals surface area contributed by atoms with E-state index in [9.17, 15) is 14.9 Å². The molecule has 0 bridgehead atoms. The van der Waals surface area contributed by atoms with Gasteiger partial charge in [-0.05, 0) is 125 Å². The minimum Gasteiger partial charge on any atom is -0.277 e. The highest BCUT2D eigenvalue weighted by Gasteiger charge is 2.23. The number of non-ortho nitro benzene ring substituents is 1. The Hall–Kier alpha value is -10.2. The Balaban J connectivity index is 0.927. The molecule has 5 heteroatoms. The van der Waals surface area contributed by atoms with Crippen molar-refractivity contribution in [2.45, 2.75) is 0 Å². The molecule has 5 nitrogen and oxygen atoms in total. The summed E-state index contributed by atoms with van der Waals surface area (Å²) in [6.45, 7) is 0. The van der Waals surface area contributed by atoms with Gasteiger partial charge in [-0.2, -0.15) is 0 Å². The number of amides is 1. The maximum atomic E-state index is 14.6. The monoisotopic (exact) mass is 978 g/mol. The zero-order valence-electron chi connectivity index (χ0n) is 41.5. The average Bonchev–Trinajstić information content (AvgIpc) is 3.50. The molecule has 0 spiro atoms. The molecule has 1 amide bonds. The van der Waals surface area contributed by atoms with E-state index in [0.29, 0.717) is 16.9 Å². The third kappa shape index (κ3) is 10.4. The van der Waals surface area contributed by atoms with Crippen molar-refractivity contribution < 1.29 is 9.72 Å². The standard InChI is InChI=1S/C71H50N2O3/c74-71(63-43-49-66(50-44-63)73(75)76)72(64-45-39-53(40-46-64)51-31-35-61(36-32-51)69(59-27-15-5-16-28-59)67(55-19-7-1-8-20-55)56-21-9-2-10-22-56)65-47-41-54(42-48-65)52-33-37-62(38-34-52)70(60-29-17-6-18-30-60)68(57-23-11-3-12-24-57)58-25-13-4-14-26-58/h1-50H. The second-order valence-electron chi connectivity index (χ2n) is 18.4. The quantitative estimate of drug-likeness (QED) is 0.0619. The number of nitrogens with zero attached hydrogens (tertiary/aromatic N) is 2. The molecule has 0 atom stereocenters. The molecule has 0 saturated carbocycles. The van der Waals surface area contributed by atoms with Crippen LogP contribution in [0.4, 0.5) is 17.1 Å². The van der Waals surface area contributed by atoms with Gasteiger partial charge in [-0.3, -0.25) is 19.8 Å². The van der Waals surface area contributed by atoms with E-state index in [1.165, 1.54) is 24.3 Å². The molecule has 0 aliphatic carbocycles. The summed E-state index contributed by atoms with van der Waals surface area (Å²) >= 11 is 0. The first-order valence-electron chi connectivity index (χ1n) is 25.3. The number of nitro groups is 1. The fourth-order valence-corrected chi connectivity index (χ4v) is 9.95. The molecule has 0 unspecified atom stereocenters. The highest BCUT2D eigenvalue weighted by Crippen LogP contribution is 2.40. The van der Waals surface area contributed by atoms with E-state index < -0.39 is 4.92 Å². The summed E-state index contributed by atoms with van der Waals surface area (Å²) in [5.41, 5.74) is 19.1. The van der Waals surface area contributed by atoms with Crippen molar-refractivity contribution in [2.24, 2.45) is 0 Å². The predicted octanol–water partition coefficient (Wildman–Crippen LogP) is 17.9. The zero-order valence-corrected chi connectivity index (χ0v) is 41.5. The molecule has 0 heterocycles. The summed E-state index contributed by atoms with van der Waals surface area (Å²) in [4.78, 5) is 27.4. The van der Waals surface area contributed by atoms with Crippen molar-refractivity contribution in [1.29, 1.82) is 0 Å². The number of hydrogen-bond donors (Lipinski definition) is 0.